The van der Waals surface area contributed by atoms with Gasteiger partial charge in [0, 0.05) is 0 Å². The zero-order valence-electron chi connectivity index (χ0n) is 10.3. The smallest absolute Gasteiger partial charge is 0.237 e. The third-order valence-corrected chi connectivity index (χ3v) is 3.72. The topological polar surface area (TPSA) is 68.0 Å². The lowest BCUT2D eigenvalue weighted by molar-refractivity contribution is -0.122. The average molecular weight is 263 g/mol. The number of thiazole rings is 1. The summed E-state index contributed by atoms with van der Waals surface area (Å²) in [5, 5.41) is 3.74. The van der Waals surface area contributed by atoms with Gasteiger partial charge in [0.1, 0.15) is 5.01 Å². The number of fused-ring (bicyclic) bond motifs is 1. The number of rotatable bonds is 5. The number of para-hydroxylation sites is 1. The van der Waals surface area contributed by atoms with E-state index in [9.17, 15) is 4.79 Å². The van der Waals surface area contributed by atoms with Crippen LogP contribution in [-0.4, -0.2) is 16.9 Å². The fourth-order valence-corrected chi connectivity index (χ4v) is 2.64. The minimum atomic E-state index is -0.413. The Morgan fingerprint density at radius 3 is 3.00 bits per heavy atom. The van der Waals surface area contributed by atoms with Gasteiger partial charge >= 0.3 is 0 Å². The van der Waals surface area contributed by atoms with E-state index in [0.29, 0.717) is 13.0 Å². The number of nitrogens with zero attached hydrogens (tertiary/aromatic N) is 1. The van der Waals surface area contributed by atoms with Gasteiger partial charge in [-0.25, -0.2) is 4.98 Å². The first-order valence-electron chi connectivity index (χ1n) is 6.08. The Kier molecular flexibility index (Phi) is 4.28. The number of nitrogens with two attached hydrogens (primary N) is 1. The van der Waals surface area contributed by atoms with E-state index >= 15 is 0 Å². The minimum Gasteiger partial charge on any atom is -0.348 e. The average Bonchev–Trinajstić information content (AvgIpc) is 2.78. The van der Waals surface area contributed by atoms with Gasteiger partial charge in [-0.2, -0.15) is 0 Å². The number of hydrogen-bond acceptors (Lipinski definition) is 4. The molecular formula is C13H17N3OS. The van der Waals surface area contributed by atoms with E-state index in [4.69, 9.17) is 5.73 Å². The molecule has 0 saturated carbocycles. The molecule has 2 rings (SSSR count). The van der Waals surface area contributed by atoms with E-state index in [0.717, 1.165) is 21.6 Å². The van der Waals surface area contributed by atoms with Crippen LogP contribution in [0.1, 0.15) is 24.8 Å². The maximum absolute atomic E-state index is 11.7. The first kappa shape index (κ1) is 13.0. The van der Waals surface area contributed by atoms with Crippen molar-refractivity contribution in [3.05, 3.63) is 29.3 Å². The third kappa shape index (κ3) is 3.05. The van der Waals surface area contributed by atoms with Crippen molar-refractivity contribution in [2.45, 2.75) is 32.4 Å². The van der Waals surface area contributed by atoms with Gasteiger partial charge in [-0.15, -0.1) is 11.3 Å². The number of aromatic nitrogens is 1. The summed E-state index contributed by atoms with van der Waals surface area (Å²) in [6, 6.07) is 7.53. The maximum atomic E-state index is 11.7. The van der Waals surface area contributed by atoms with Crippen LogP contribution in [0.15, 0.2) is 24.3 Å². The van der Waals surface area contributed by atoms with Crippen LogP contribution >= 0.6 is 11.3 Å². The molecule has 1 atom stereocenters. The highest BCUT2D eigenvalue weighted by Gasteiger charge is 2.12. The summed E-state index contributed by atoms with van der Waals surface area (Å²) >= 11 is 1.60. The highest BCUT2D eigenvalue weighted by molar-refractivity contribution is 7.18. The summed E-state index contributed by atoms with van der Waals surface area (Å²) in [5.41, 5.74) is 6.71. The largest absolute Gasteiger partial charge is 0.348 e. The second-order valence-electron chi connectivity index (χ2n) is 4.19. The van der Waals surface area contributed by atoms with Crippen molar-refractivity contribution in [1.29, 1.82) is 0 Å². The van der Waals surface area contributed by atoms with Gasteiger partial charge in [-0.3, -0.25) is 4.79 Å². The molecule has 1 aromatic heterocycles. The zero-order valence-corrected chi connectivity index (χ0v) is 11.2. The summed E-state index contributed by atoms with van der Waals surface area (Å²) in [5.74, 6) is -0.101. The fourth-order valence-electron chi connectivity index (χ4n) is 1.73. The van der Waals surface area contributed by atoms with Gasteiger partial charge in [-0.05, 0) is 18.6 Å². The molecule has 0 aliphatic heterocycles. The highest BCUT2D eigenvalue weighted by Crippen LogP contribution is 2.21. The van der Waals surface area contributed by atoms with Gasteiger partial charge in [0.25, 0.3) is 0 Å². The van der Waals surface area contributed by atoms with Gasteiger partial charge in [0.2, 0.25) is 5.91 Å². The molecule has 0 radical (unpaired) electrons. The van der Waals surface area contributed by atoms with Gasteiger partial charge in [0.05, 0.1) is 22.8 Å². The van der Waals surface area contributed by atoms with Crippen molar-refractivity contribution >= 4 is 27.5 Å². The van der Waals surface area contributed by atoms with E-state index in [1.807, 2.05) is 31.2 Å². The lowest BCUT2D eigenvalue weighted by Crippen LogP contribution is -2.40. The first-order valence-corrected chi connectivity index (χ1v) is 6.90. The Balaban J connectivity index is 1.95. The standard InChI is InChI=1S/C13H17N3OS/c1-2-5-9(14)13(17)15-8-12-16-10-6-3-4-7-11(10)18-12/h3-4,6-7,9H,2,5,8,14H2,1H3,(H,15,17)/t9-/m0/s1. The molecule has 1 aromatic carbocycles. The fraction of sp³-hybridized carbons (Fsp3) is 0.385. The summed E-state index contributed by atoms with van der Waals surface area (Å²) < 4.78 is 1.14. The molecular weight excluding hydrogens is 246 g/mol. The molecule has 0 aliphatic carbocycles. The van der Waals surface area contributed by atoms with E-state index in [1.165, 1.54) is 0 Å². The number of benzene rings is 1. The SMILES string of the molecule is CCC[C@H](N)C(=O)NCc1nc2ccccc2s1. The second-order valence-corrected chi connectivity index (χ2v) is 5.30. The Morgan fingerprint density at radius 2 is 2.28 bits per heavy atom. The second kappa shape index (κ2) is 5.93. The molecule has 0 aliphatic rings. The first-order chi connectivity index (χ1) is 8.70. The number of carbonyl (C=O) groups excluding carboxylic acids is 1. The van der Waals surface area contributed by atoms with E-state index < -0.39 is 6.04 Å². The minimum absolute atomic E-state index is 0.101. The van der Waals surface area contributed by atoms with Crippen LogP contribution in [0.2, 0.25) is 0 Å². The Morgan fingerprint density at radius 1 is 1.50 bits per heavy atom. The monoisotopic (exact) mass is 263 g/mol. The molecule has 96 valence electrons. The molecule has 2 aromatic rings. The van der Waals surface area contributed by atoms with Gasteiger partial charge in [0.15, 0.2) is 0 Å². The quantitative estimate of drug-likeness (QED) is 0.867. The van der Waals surface area contributed by atoms with Crippen LogP contribution in [0.25, 0.3) is 10.2 Å². The van der Waals surface area contributed by atoms with Crippen LogP contribution in [0.4, 0.5) is 0 Å². The lowest BCUT2D eigenvalue weighted by Gasteiger charge is -2.09. The molecule has 0 spiro atoms. The summed E-state index contributed by atoms with van der Waals surface area (Å²) in [4.78, 5) is 16.1. The van der Waals surface area contributed by atoms with Crippen molar-refractivity contribution in [2.24, 2.45) is 5.73 Å². The summed E-state index contributed by atoms with van der Waals surface area (Å²) in [6.45, 7) is 2.47. The predicted molar refractivity (Wildman–Crippen MR) is 74.4 cm³/mol. The zero-order chi connectivity index (χ0) is 13.0. The van der Waals surface area contributed by atoms with Crippen molar-refractivity contribution in [1.82, 2.24) is 10.3 Å². The third-order valence-electron chi connectivity index (χ3n) is 2.69. The highest BCUT2D eigenvalue weighted by atomic mass is 32.1. The summed E-state index contributed by atoms with van der Waals surface area (Å²) in [6.07, 6.45) is 1.63. The van der Waals surface area contributed by atoms with Crippen molar-refractivity contribution in [3.63, 3.8) is 0 Å². The van der Waals surface area contributed by atoms with Crippen molar-refractivity contribution < 1.29 is 4.79 Å². The molecule has 18 heavy (non-hydrogen) atoms. The van der Waals surface area contributed by atoms with Crippen LogP contribution in [0, 0.1) is 0 Å². The van der Waals surface area contributed by atoms with E-state index in [1.54, 1.807) is 11.3 Å². The molecule has 4 nitrogen and oxygen atoms in total. The number of nitrogens with one attached hydrogen (secondary N) is 1. The van der Waals surface area contributed by atoms with Crippen molar-refractivity contribution in [3.8, 4) is 0 Å². The van der Waals surface area contributed by atoms with E-state index in [2.05, 4.69) is 10.3 Å². The Bertz CT molecular complexity index is 505. The molecule has 0 fully saturated rings. The number of carbonyl (C=O) groups is 1. The molecule has 0 saturated heterocycles. The molecule has 1 amide bonds. The van der Waals surface area contributed by atoms with Gasteiger partial charge in [-0.1, -0.05) is 25.5 Å². The van der Waals surface area contributed by atoms with Crippen LogP contribution in [0.5, 0.6) is 0 Å². The van der Waals surface area contributed by atoms with Crippen LogP contribution < -0.4 is 11.1 Å². The number of hydrogen-bond donors (Lipinski definition) is 2. The Labute approximate surface area is 110 Å². The summed E-state index contributed by atoms with van der Waals surface area (Å²) in [7, 11) is 0. The van der Waals surface area contributed by atoms with Crippen LogP contribution in [0.3, 0.4) is 0 Å². The Hall–Kier alpha value is -1.46. The molecule has 1 heterocycles. The number of amides is 1. The predicted octanol–water partition coefficient (Wildman–Crippen LogP) is 2.04. The maximum Gasteiger partial charge on any atom is 0.237 e. The van der Waals surface area contributed by atoms with E-state index in [-0.39, 0.29) is 5.91 Å². The molecule has 5 heteroatoms. The molecule has 0 bridgehead atoms. The van der Waals surface area contributed by atoms with Gasteiger partial charge < -0.3 is 11.1 Å². The molecule has 0 unspecified atom stereocenters. The normalized spacial score (nSPS) is 12.6. The molecule has 3 N–H and O–H groups in total. The lowest BCUT2D eigenvalue weighted by atomic mass is 10.2. The van der Waals surface area contributed by atoms with Crippen molar-refractivity contribution in [2.75, 3.05) is 0 Å². The van der Waals surface area contributed by atoms with Crippen LogP contribution in [-0.2, 0) is 11.3 Å².